The molecule has 2 heteroatoms. The largest absolute Gasteiger partial charge is 0.399 e. The second-order valence-electron chi connectivity index (χ2n) is 5.21. The first-order chi connectivity index (χ1) is 10.7. The Bertz CT molecular complexity index is 788. The van der Waals surface area contributed by atoms with Crippen molar-refractivity contribution < 1.29 is 0 Å². The maximum atomic E-state index is 5.94. The average molecular weight is 286 g/mol. The van der Waals surface area contributed by atoms with Crippen LogP contribution in [-0.2, 0) is 0 Å². The summed E-state index contributed by atoms with van der Waals surface area (Å²) in [5.41, 5.74) is 17.8. The van der Waals surface area contributed by atoms with Gasteiger partial charge < -0.3 is 11.5 Å². The van der Waals surface area contributed by atoms with E-state index in [0.29, 0.717) is 0 Å². The number of nitrogen functional groups attached to an aromatic ring is 2. The average Bonchev–Trinajstić information content (AvgIpc) is 2.55. The summed E-state index contributed by atoms with van der Waals surface area (Å²) in [4.78, 5) is 0. The molecule has 0 aromatic heterocycles. The molecule has 0 saturated carbocycles. The minimum absolute atomic E-state index is 0.756. The third-order valence-corrected chi connectivity index (χ3v) is 3.55. The molecule has 0 aliphatic heterocycles. The minimum Gasteiger partial charge on any atom is -0.399 e. The van der Waals surface area contributed by atoms with Gasteiger partial charge in [-0.2, -0.15) is 0 Å². The van der Waals surface area contributed by atoms with Crippen molar-refractivity contribution >= 4 is 23.5 Å². The van der Waals surface area contributed by atoms with Crippen LogP contribution in [0.25, 0.3) is 23.3 Å². The molecule has 3 rings (SSSR count). The van der Waals surface area contributed by atoms with E-state index in [1.165, 1.54) is 0 Å². The molecule has 108 valence electrons. The molecule has 2 nitrogen and oxygen atoms in total. The lowest BCUT2D eigenvalue weighted by molar-refractivity contribution is 1.58. The molecule has 22 heavy (non-hydrogen) atoms. The summed E-state index contributed by atoms with van der Waals surface area (Å²) in [6, 6.07) is 24.1. The van der Waals surface area contributed by atoms with Gasteiger partial charge >= 0.3 is 0 Å². The summed E-state index contributed by atoms with van der Waals surface area (Å²) in [6.07, 6.45) is 4.19. The van der Waals surface area contributed by atoms with Crippen LogP contribution >= 0.6 is 0 Å². The summed E-state index contributed by atoms with van der Waals surface area (Å²) in [5, 5.41) is 0. The van der Waals surface area contributed by atoms with Crippen LogP contribution in [0.3, 0.4) is 0 Å². The summed E-state index contributed by atoms with van der Waals surface area (Å²) >= 11 is 0. The van der Waals surface area contributed by atoms with Crippen LogP contribution in [0.15, 0.2) is 72.8 Å². The predicted octanol–water partition coefficient (Wildman–Crippen LogP) is 4.69. The Kier molecular flexibility index (Phi) is 3.92. The van der Waals surface area contributed by atoms with Gasteiger partial charge in [0.05, 0.1) is 0 Å². The molecule has 0 atom stereocenters. The first kappa shape index (κ1) is 14.0. The summed E-state index contributed by atoms with van der Waals surface area (Å²) in [5.74, 6) is 0. The molecule has 3 aromatic rings. The van der Waals surface area contributed by atoms with Gasteiger partial charge in [-0.05, 0) is 46.5 Å². The molecule has 0 radical (unpaired) electrons. The van der Waals surface area contributed by atoms with Crippen molar-refractivity contribution in [2.75, 3.05) is 11.5 Å². The highest BCUT2D eigenvalue weighted by molar-refractivity contribution is 5.82. The zero-order valence-electron chi connectivity index (χ0n) is 12.2. The Morgan fingerprint density at radius 1 is 0.636 bits per heavy atom. The van der Waals surface area contributed by atoms with Crippen LogP contribution < -0.4 is 11.5 Å². The van der Waals surface area contributed by atoms with E-state index < -0.39 is 0 Å². The fourth-order valence-corrected chi connectivity index (χ4v) is 2.39. The summed E-state index contributed by atoms with van der Waals surface area (Å²) < 4.78 is 0. The molecule has 0 amide bonds. The fourth-order valence-electron chi connectivity index (χ4n) is 2.39. The number of rotatable bonds is 3. The SMILES string of the molecule is Nc1ccc(-c2ccc(N)cc2/C=C/c2ccccc2)cc1. The molecular weight excluding hydrogens is 268 g/mol. The van der Waals surface area contributed by atoms with Crippen molar-refractivity contribution in [2.45, 2.75) is 0 Å². The van der Waals surface area contributed by atoms with E-state index in [4.69, 9.17) is 11.5 Å². The summed E-state index contributed by atoms with van der Waals surface area (Å²) in [6.45, 7) is 0. The molecule has 0 fully saturated rings. The smallest absolute Gasteiger partial charge is 0.0320 e. The van der Waals surface area contributed by atoms with Gasteiger partial charge in [-0.15, -0.1) is 0 Å². The van der Waals surface area contributed by atoms with E-state index in [1.807, 2.05) is 60.7 Å². The Morgan fingerprint density at radius 2 is 1.32 bits per heavy atom. The van der Waals surface area contributed by atoms with Crippen molar-refractivity contribution in [3.05, 3.63) is 83.9 Å². The van der Waals surface area contributed by atoms with Gasteiger partial charge in [0.2, 0.25) is 0 Å². The third kappa shape index (κ3) is 3.18. The van der Waals surface area contributed by atoms with Crippen LogP contribution in [0.4, 0.5) is 11.4 Å². The normalized spacial score (nSPS) is 10.9. The Balaban J connectivity index is 2.01. The maximum absolute atomic E-state index is 5.94. The number of nitrogens with two attached hydrogens (primary N) is 2. The van der Waals surface area contributed by atoms with Gasteiger partial charge in [-0.25, -0.2) is 0 Å². The van der Waals surface area contributed by atoms with Gasteiger partial charge in [0.15, 0.2) is 0 Å². The van der Waals surface area contributed by atoms with Crippen LogP contribution in [0, 0.1) is 0 Å². The minimum atomic E-state index is 0.756. The molecule has 3 aromatic carbocycles. The van der Waals surface area contributed by atoms with Crippen LogP contribution in [0.2, 0.25) is 0 Å². The number of hydrogen-bond donors (Lipinski definition) is 2. The van der Waals surface area contributed by atoms with E-state index in [9.17, 15) is 0 Å². The van der Waals surface area contributed by atoms with Gasteiger partial charge in [0, 0.05) is 11.4 Å². The molecule has 0 bridgehead atoms. The Morgan fingerprint density at radius 3 is 2.05 bits per heavy atom. The Labute approximate surface area is 130 Å². The highest BCUT2D eigenvalue weighted by Gasteiger charge is 2.03. The highest BCUT2D eigenvalue weighted by atomic mass is 14.5. The molecular formula is C20H18N2. The van der Waals surface area contributed by atoms with Crippen molar-refractivity contribution in [3.8, 4) is 11.1 Å². The molecule has 0 aliphatic rings. The third-order valence-electron chi connectivity index (χ3n) is 3.55. The highest BCUT2D eigenvalue weighted by Crippen LogP contribution is 2.28. The Hall–Kier alpha value is -3.00. The predicted molar refractivity (Wildman–Crippen MR) is 96.1 cm³/mol. The quantitative estimate of drug-likeness (QED) is 0.542. The van der Waals surface area contributed by atoms with Gasteiger partial charge in [0.25, 0.3) is 0 Å². The lowest BCUT2D eigenvalue weighted by Crippen LogP contribution is -1.90. The first-order valence-electron chi connectivity index (χ1n) is 7.21. The van der Waals surface area contributed by atoms with E-state index in [2.05, 4.69) is 24.3 Å². The van der Waals surface area contributed by atoms with Crippen molar-refractivity contribution in [1.29, 1.82) is 0 Å². The van der Waals surface area contributed by atoms with Crippen molar-refractivity contribution in [2.24, 2.45) is 0 Å². The number of benzene rings is 3. The standard InChI is InChI=1S/C20H18N2/c21-18-10-8-16(9-11-18)20-13-12-19(22)14-17(20)7-6-15-4-2-1-3-5-15/h1-14H,21-22H2/b7-6+. The zero-order valence-corrected chi connectivity index (χ0v) is 12.2. The van der Waals surface area contributed by atoms with Crippen LogP contribution in [0.5, 0.6) is 0 Å². The maximum Gasteiger partial charge on any atom is 0.0320 e. The van der Waals surface area contributed by atoms with E-state index in [0.717, 1.165) is 33.6 Å². The number of hydrogen-bond acceptors (Lipinski definition) is 2. The van der Waals surface area contributed by atoms with E-state index in [-0.39, 0.29) is 0 Å². The fraction of sp³-hybridized carbons (Fsp3) is 0. The molecule has 0 aliphatic carbocycles. The van der Waals surface area contributed by atoms with Crippen molar-refractivity contribution in [3.63, 3.8) is 0 Å². The van der Waals surface area contributed by atoms with Gasteiger partial charge in [-0.1, -0.05) is 60.7 Å². The van der Waals surface area contributed by atoms with E-state index >= 15 is 0 Å². The lowest BCUT2D eigenvalue weighted by atomic mass is 9.98. The topological polar surface area (TPSA) is 52.0 Å². The lowest BCUT2D eigenvalue weighted by Gasteiger charge is -2.08. The van der Waals surface area contributed by atoms with E-state index in [1.54, 1.807) is 0 Å². The molecule has 0 heterocycles. The molecule has 4 N–H and O–H groups in total. The zero-order chi connectivity index (χ0) is 15.4. The van der Waals surface area contributed by atoms with Crippen LogP contribution in [-0.4, -0.2) is 0 Å². The first-order valence-corrected chi connectivity index (χ1v) is 7.21. The van der Waals surface area contributed by atoms with Crippen LogP contribution in [0.1, 0.15) is 11.1 Å². The molecule has 0 unspecified atom stereocenters. The second kappa shape index (κ2) is 6.19. The number of anilines is 2. The summed E-state index contributed by atoms with van der Waals surface area (Å²) in [7, 11) is 0. The monoisotopic (exact) mass is 286 g/mol. The van der Waals surface area contributed by atoms with Crippen molar-refractivity contribution in [1.82, 2.24) is 0 Å². The molecule has 0 saturated heterocycles. The second-order valence-corrected chi connectivity index (χ2v) is 5.21. The van der Waals surface area contributed by atoms with Gasteiger partial charge in [0.1, 0.15) is 0 Å². The van der Waals surface area contributed by atoms with Gasteiger partial charge in [-0.3, -0.25) is 0 Å². The molecule has 0 spiro atoms.